The van der Waals surface area contributed by atoms with Gasteiger partial charge in [-0.05, 0) is 80.8 Å². The van der Waals surface area contributed by atoms with Gasteiger partial charge in [0.15, 0.2) is 0 Å². The number of benzene rings is 4. The predicted molar refractivity (Wildman–Crippen MR) is 205 cm³/mol. The number of allylic oxidation sites excluding steroid dienone is 2. The molecule has 0 saturated heterocycles. The van der Waals surface area contributed by atoms with Crippen LogP contribution in [0.15, 0.2) is 120 Å². The van der Waals surface area contributed by atoms with Crippen LogP contribution >= 0.6 is 0 Å². The molecule has 4 aromatic rings. The summed E-state index contributed by atoms with van der Waals surface area (Å²) in [5, 5.41) is 0. The zero-order valence-corrected chi connectivity index (χ0v) is 31.6. The van der Waals surface area contributed by atoms with E-state index in [2.05, 4.69) is 76.2 Å². The van der Waals surface area contributed by atoms with E-state index in [0.717, 1.165) is 68.4 Å². The molecule has 0 N–H and O–H groups in total. The minimum atomic E-state index is 0.777. The summed E-state index contributed by atoms with van der Waals surface area (Å²) in [5.74, 6) is 1.57. The van der Waals surface area contributed by atoms with Crippen molar-refractivity contribution < 1.29 is 27.5 Å². The van der Waals surface area contributed by atoms with Crippen LogP contribution in [0, 0.1) is 0 Å². The van der Waals surface area contributed by atoms with E-state index in [1.165, 1.54) is 91.2 Å². The average Bonchev–Trinajstić information content (AvgIpc) is 3.40. The third-order valence-corrected chi connectivity index (χ3v) is 9.65. The molecule has 0 bridgehead atoms. The van der Waals surface area contributed by atoms with Gasteiger partial charge in [0.05, 0.1) is 0 Å². The van der Waals surface area contributed by atoms with Gasteiger partial charge in [0.2, 0.25) is 11.4 Å². The molecule has 0 atom stereocenters. The molecule has 1 aliphatic heterocycles. The Hall–Kier alpha value is -3.95. The van der Waals surface area contributed by atoms with Gasteiger partial charge >= 0.3 is 95.0 Å². The van der Waals surface area contributed by atoms with Crippen molar-refractivity contribution in [3.8, 4) is 11.5 Å². The molecule has 0 aliphatic carbocycles. The maximum absolute atomic E-state index is 11.6. The summed E-state index contributed by atoms with van der Waals surface area (Å²) in [4.78, 5) is 0. The van der Waals surface area contributed by atoms with Crippen molar-refractivity contribution in [1.82, 2.24) is 0 Å². The zero-order chi connectivity index (χ0) is 35.4. The molecule has 0 unspecified atom stereocenters. The molecule has 0 amide bonds. The van der Waals surface area contributed by atoms with Gasteiger partial charge in [-0.2, -0.15) is 0 Å². The Kier molecular flexibility index (Phi) is 17.1. The Morgan fingerprint density at radius 2 is 1.00 bits per heavy atom. The fourth-order valence-electron chi connectivity index (χ4n) is 6.25. The van der Waals surface area contributed by atoms with Gasteiger partial charge in [0.25, 0.3) is 0 Å². The molecule has 4 aromatic carbocycles. The van der Waals surface area contributed by atoms with E-state index >= 15 is 0 Å². The van der Waals surface area contributed by atoms with E-state index in [-0.39, 0.29) is 0 Å². The summed E-state index contributed by atoms with van der Waals surface area (Å²) in [6, 6.07) is 36.7. The second-order valence-corrected chi connectivity index (χ2v) is 13.6. The Balaban J connectivity index is 0.000000310. The summed E-state index contributed by atoms with van der Waals surface area (Å²) in [6.07, 6.45) is 15.7. The monoisotopic (exact) mass is 714 g/mol. The molecule has 4 nitrogen and oxygen atoms in total. The molecular formula is C45H56N2NiO2. The summed E-state index contributed by atoms with van der Waals surface area (Å²) < 4.78 is 12.2. The van der Waals surface area contributed by atoms with Gasteiger partial charge in [0.1, 0.15) is 0 Å². The van der Waals surface area contributed by atoms with E-state index in [0.29, 0.717) is 0 Å². The first-order valence-electron chi connectivity index (χ1n) is 18.7. The fourth-order valence-corrected chi connectivity index (χ4v) is 6.75. The number of hydrogen-bond donors (Lipinski definition) is 0. The molecule has 5 heteroatoms. The normalized spacial score (nSPS) is 12.7. The molecular weight excluding hydrogens is 659 g/mol. The number of hydrogen-bond acceptors (Lipinski definition) is 2. The van der Waals surface area contributed by atoms with Crippen LogP contribution in [0.4, 0.5) is 0 Å². The predicted octanol–water partition coefficient (Wildman–Crippen LogP) is 13.4. The van der Waals surface area contributed by atoms with E-state index in [9.17, 15) is 5.53 Å². The van der Waals surface area contributed by atoms with Crippen LogP contribution < -0.4 is 7.76 Å². The quantitative estimate of drug-likeness (QED) is 0.0551. The molecule has 268 valence electrons. The van der Waals surface area contributed by atoms with Gasteiger partial charge in [-0.25, -0.2) is 4.70 Å². The third-order valence-electron chi connectivity index (χ3n) is 9.02. The molecule has 0 aromatic heterocycles. The van der Waals surface area contributed by atoms with Crippen molar-refractivity contribution in [1.29, 1.82) is 0 Å². The maximum atomic E-state index is 11.6. The minimum absolute atomic E-state index is 0.777. The first-order valence-corrected chi connectivity index (χ1v) is 19.5. The van der Waals surface area contributed by atoms with Crippen LogP contribution in [0.25, 0.3) is 16.9 Å². The van der Waals surface area contributed by atoms with Gasteiger partial charge in [-0.15, -0.1) is 0 Å². The Labute approximate surface area is 308 Å². The second kappa shape index (κ2) is 22.0. The van der Waals surface area contributed by atoms with E-state index < -0.39 is 0 Å². The standard InChI is InChI=1S/C33H46N2.2C6H6O.Ni/c1-5-8-11-12-13-14-23-31-26(4)32(29-21-15-19-27(24-29)17-9-6-2)35(34)33(31)30-22-16-20-28(25-30)18-10-7-3;2*7-6-4-2-1-3-5-6;/h15-16,19-22,24-25H,5-14,17-18,23H2,1-4H3;2*1-5,7H;/q;;;+2/p-2. The molecule has 1 aliphatic rings. The Morgan fingerprint density at radius 3 is 1.52 bits per heavy atom. The summed E-state index contributed by atoms with van der Waals surface area (Å²) >= 11 is 0.777. The van der Waals surface area contributed by atoms with Gasteiger partial charge in [-0.1, -0.05) is 90.0 Å². The molecule has 50 heavy (non-hydrogen) atoms. The van der Waals surface area contributed by atoms with E-state index in [4.69, 9.17) is 7.76 Å². The first-order chi connectivity index (χ1) is 24.5. The number of unbranched alkanes of at least 4 members (excludes halogenated alkanes) is 7. The average molecular weight is 716 g/mol. The number of nitrogens with zero attached hydrogens (tertiary/aromatic N) is 2. The Morgan fingerprint density at radius 1 is 0.520 bits per heavy atom. The van der Waals surface area contributed by atoms with E-state index in [1.807, 2.05) is 60.7 Å². The fraction of sp³-hybridized carbons (Fsp3) is 0.378. The summed E-state index contributed by atoms with van der Waals surface area (Å²) in [6.45, 7) is 8.96. The van der Waals surface area contributed by atoms with Crippen LogP contribution in [0.2, 0.25) is 0 Å². The van der Waals surface area contributed by atoms with Crippen LogP contribution in [-0.4, -0.2) is 4.70 Å². The number of para-hydroxylation sites is 2. The molecule has 0 radical (unpaired) electrons. The molecule has 0 fully saturated rings. The van der Waals surface area contributed by atoms with Crippen molar-refractivity contribution in [2.45, 2.75) is 111 Å². The van der Waals surface area contributed by atoms with Crippen molar-refractivity contribution >= 4 is 11.4 Å². The summed E-state index contributed by atoms with van der Waals surface area (Å²) in [5.41, 5.74) is 21.1. The van der Waals surface area contributed by atoms with Gasteiger partial charge < -0.3 is 5.53 Å². The van der Waals surface area contributed by atoms with Crippen molar-refractivity contribution in [2.24, 2.45) is 0 Å². The van der Waals surface area contributed by atoms with Crippen molar-refractivity contribution in [3.05, 3.63) is 148 Å². The molecule has 0 spiro atoms. The van der Waals surface area contributed by atoms with E-state index in [1.54, 1.807) is 0 Å². The van der Waals surface area contributed by atoms with Crippen LogP contribution in [0.1, 0.15) is 121 Å². The first kappa shape index (κ1) is 38.8. The van der Waals surface area contributed by atoms with Crippen LogP contribution in [0.5, 0.6) is 11.5 Å². The van der Waals surface area contributed by atoms with Gasteiger partial charge in [0, 0.05) is 22.3 Å². The zero-order valence-electron chi connectivity index (χ0n) is 30.6. The number of aryl methyl sites for hydroxylation is 2. The summed E-state index contributed by atoms with van der Waals surface area (Å²) in [7, 11) is 0. The third kappa shape index (κ3) is 12.1. The van der Waals surface area contributed by atoms with Gasteiger partial charge in [-0.3, -0.25) is 0 Å². The second-order valence-electron chi connectivity index (χ2n) is 13.0. The Bertz CT molecular complexity index is 1620. The number of rotatable bonds is 19. The topological polar surface area (TPSA) is 43.8 Å². The van der Waals surface area contributed by atoms with Crippen LogP contribution in [-0.2, 0) is 27.9 Å². The van der Waals surface area contributed by atoms with Crippen molar-refractivity contribution in [3.63, 3.8) is 0 Å². The molecule has 5 rings (SSSR count). The van der Waals surface area contributed by atoms with Crippen LogP contribution in [0.3, 0.4) is 0 Å². The molecule has 0 saturated carbocycles. The SMILES string of the molecule is CCCCCCCCC1=C(c2cccc(CCCC)c2)[N+](=[N-])C(c2cccc(CCCC)c2)=C1C.c1ccc([O][Ni][O]c2ccccc2)cc1. The molecule has 1 heterocycles. The van der Waals surface area contributed by atoms with Crippen molar-refractivity contribution in [2.75, 3.05) is 0 Å².